The number of Topliss-reactive ketones (excluding diaryl/α,β-unsaturated/α-hetero) is 2. The van der Waals surface area contributed by atoms with Crippen molar-refractivity contribution in [1.82, 2.24) is 4.90 Å². The summed E-state index contributed by atoms with van der Waals surface area (Å²) in [6.07, 6.45) is 1.57. The molecule has 0 N–H and O–H groups in total. The average molecular weight is 328 g/mol. The zero-order valence-electron chi connectivity index (χ0n) is 12.6. The molecule has 0 unspecified atom stereocenters. The van der Waals surface area contributed by atoms with Crippen LogP contribution < -0.4 is 0 Å². The quantitative estimate of drug-likeness (QED) is 0.454. The van der Waals surface area contributed by atoms with Gasteiger partial charge in [-0.3, -0.25) is 9.59 Å². The van der Waals surface area contributed by atoms with E-state index in [-0.39, 0.29) is 23.1 Å². The molecule has 0 bridgehead atoms. The molecule has 1 atom stereocenters. The van der Waals surface area contributed by atoms with Crippen molar-refractivity contribution in [2.24, 2.45) is 5.92 Å². The Balaban J connectivity index is 3.11. The molecule has 21 heavy (non-hydrogen) atoms. The van der Waals surface area contributed by atoms with Crippen molar-refractivity contribution in [3.63, 3.8) is 0 Å². The summed E-state index contributed by atoms with van der Waals surface area (Å²) < 4.78 is 0. The molecule has 0 fully saturated rings. The lowest BCUT2D eigenvalue weighted by atomic mass is 9.94. The summed E-state index contributed by atoms with van der Waals surface area (Å²) in [6.45, 7) is 3.79. The maximum atomic E-state index is 12.4. The molecule has 0 saturated carbocycles. The summed E-state index contributed by atoms with van der Waals surface area (Å²) in [4.78, 5) is 26.1. The Morgan fingerprint density at radius 3 is 2.33 bits per heavy atom. The fourth-order valence-electron chi connectivity index (χ4n) is 2.01. The third-order valence-corrected chi connectivity index (χ3v) is 3.73. The van der Waals surface area contributed by atoms with Crippen LogP contribution in [0.3, 0.4) is 0 Å². The molecule has 3 nitrogen and oxygen atoms in total. The van der Waals surface area contributed by atoms with Crippen LogP contribution in [0, 0.1) is 5.92 Å². The van der Waals surface area contributed by atoms with Crippen LogP contribution in [0.15, 0.2) is 23.8 Å². The monoisotopic (exact) mass is 327 g/mol. The maximum absolute atomic E-state index is 12.4. The van der Waals surface area contributed by atoms with Crippen molar-refractivity contribution >= 4 is 40.8 Å². The Morgan fingerprint density at radius 1 is 1.24 bits per heavy atom. The second-order valence-corrected chi connectivity index (χ2v) is 6.13. The first-order valence-electron chi connectivity index (χ1n) is 6.59. The molecular formula is C16H19Cl2NO2. The molecule has 1 rings (SSSR count). The van der Waals surface area contributed by atoms with Crippen LogP contribution in [-0.4, -0.2) is 37.1 Å². The van der Waals surface area contributed by atoms with Gasteiger partial charge in [-0.2, -0.15) is 0 Å². The molecule has 114 valence electrons. The van der Waals surface area contributed by atoms with E-state index in [0.29, 0.717) is 22.2 Å². The number of allylic oxidation sites excluding steroid dienone is 1. The second-order valence-electron chi connectivity index (χ2n) is 5.32. The molecule has 1 aromatic carbocycles. The van der Waals surface area contributed by atoms with Crippen LogP contribution in [0.2, 0.25) is 10.0 Å². The summed E-state index contributed by atoms with van der Waals surface area (Å²) in [5.41, 5.74) is 0.864. The lowest BCUT2D eigenvalue weighted by Gasteiger charge is -2.16. The lowest BCUT2D eigenvalue weighted by molar-refractivity contribution is -0.122. The first kappa shape index (κ1) is 17.9. The minimum atomic E-state index is -0.253. The molecule has 0 aliphatic rings. The van der Waals surface area contributed by atoms with Gasteiger partial charge in [0.2, 0.25) is 0 Å². The van der Waals surface area contributed by atoms with Gasteiger partial charge in [-0.1, -0.05) is 36.2 Å². The topological polar surface area (TPSA) is 37.4 Å². The zero-order chi connectivity index (χ0) is 16.2. The van der Waals surface area contributed by atoms with Crippen LogP contribution in [0.5, 0.6) is 0 Å². The van der Waals surface area contributed by atoms with Gasteiger partial charge in [0.05, 0.1) is 15.6 Å². The number of carbonyl (C=O) groups excluding carboxylic acids is 2. The minimum absolute atomic E-state index is 0.165. The summed E-state index contributed by atoms with van der Waals surface area (Å²) in [5, 5.41) is 0.826. The Hall–Kier alpha value is -1.16. The second kappa shape index (κ2) is 7.74. The molecule has 0 radical (unpaired) electrons. The van der Waals surface area contributed by atoms with E-state index in [9.17, 15) is 9.59 Å². The number of rotatable bonds is 6. The lowest BCUT2D eigenvalue weighted by Crippen LogP contribution is -2.28. The van der Waals surface area contributed by atoms with Crippen molar-refractivity contribution < 1.29 is 9.59 Å². The number of ketones is 2. The van der Waals surface area contributed by atoms with Crippen LogP contribution >= 0.6 is 23.2 Å². The van der Waals surface area contributed by atoms with E-state index < -0.39 is 0 Å². The molecule has 0 aromatic heterocycles. The van der Waals surface area contributed by atoms with Crippen LogP contribution in [0.4, 0.5) is 0 Å². The molecule has 0 amide bonds. The van der Waals surface area contributed by atoms with Gasteiger partial charge in [-0.25, -0.2) is 0 Å². The standard InChI is InChI=1S/C16H19Cl2NO2/c1-10(9-19(3)4)16(21)13(11(2)20)7-12-5-6-14(17)15(18)8-12/h5-8,10H,9H2,1-4H3/b13-7+/t10-/m1/s1. The van der Waals surface area contributed by atoms with Gasteiger partial charge in [0.1, 0.15) is 0 Å². The Labute approximate surface area is 135 Å². The Morgan fingerprint density at radius 2 is 1.86 bits per heavy atom. The normalized spacial score (nSPS) is 13.4. The van der Waals surface area contributed by atoms with E-state index in [0.717, 1.165) is 0 Å². The highest BCUT2D eigenvalue weighted by atomic mass is 35.5. The Bertz CT molecular complexity index is 580. The van der Waals surface area contributed by atoms with E-state index in [4.69, 9.17) is 23.2 Å². The number of hydrogen-bond acceptors (Lipinski definition) is 3. The van der Waals surface area contributed by atoms with Gasteiger partial charge in [-0.05, 0) is 44.8 Å². The molecule has 0 aliphatic heterocycles. The van der Waals surface area contributed by atoms with Crippen LogP contribution in [0.1, 0.15) is 19.4 Å². The van der Waals surface area contributed by atoms with E-state index in [1.165, 1.54) is 6.92 Å². The first-order chi connectivity index (χ1) is 9.72. The molecule has 0 heterocycles. The summed E-state index contributed by atoms with van der Waals surface area (Å²) >= 11 is 11.8. The van der Waals surface area contributed by atoms with Gasteiger partial charge < -0.3 is 4.90 Å². The summed E-state index contributed by atoms with van der Waals surface area (Å²) in [6, 6.07) is 5.00. The first-order valence-corrected chi connectivity index (χ1v) is 7.34. The average Bonchev–Trinajstić information content (AvgIpc) is 2.38. The maximum Gasteiger partial charge on any atom is 0.170 e. The SMILES string of the molecule is CC(=O)/C(=C\c1ccc(Cl)c(Cl)c1)C(=O)[C@H](C)CN(C)C. The highest BCUT2D eigenvalue weighted by molar-refractivity contribution is 6.42. The largest absolute Gasteiger partial charge is 0.309 e. The predicted octanol–water partition coefficient (Wildman–Crippen LogP) is 3.73. The van der Waals surface area contributed by atoms with E-state index in [1.807, 2.05) is 25.9 Å². The molecule has 1 aromatic rings. The third-order valence-electron chi connectivity index (χ3n) is 2.99. The minimum Gasteiger partial charge on any atom is -0.309 e. The van der Waals surface area contributed by atoms with Gasteiger partial charge in [0, 0.05) is 12.5 Å². The predicted molar refractivity (Wildman–Crippen MR) is 87.8 cm³/mol. The molecule has 0 spiro atoms. The third kappa shape index (κ3) is 5.27. The Kier molecular flexibility index (Phi) is 6.59. The fraction of sp³-hybridized carbons (Fsp3) is 0.375. The molecule has 5 heteroatoms. The smallest absolute Gasteiger partial charge is 0.170 e. The van der Waals surface area contributed by atoms with E-state index in [1.54, 1.807) is 24.3 Å². The highest BCUT2D eigenvalue weighted by Gasteiger charge is 2.21. The number of carbonyl (C=O) groups is 2. The van der Waals surface area contributed by atoms with Crippen molar-refractivity contribution in [1.29, 1.82) is 0 Å². The van der Waals surface area contributed by atoms with Gasteiger partial charge in [-0.15, -0.1) is 0 Å². The van der Waals surface area contributed by atoms with E-state index in [2.05, 4.69) is 0 Å². The number of nitrogens with zero attached hydrogens (tertiary/aromatic N) is 1. The molecule has 0 saturated heterocycles. The van der Waals surface area contributed by atoms with Gasteiger partial charge in [0.15, 0.2) is 11.6 Å². The highest BCUT2D eigenvalue weighted by Crippen LogP contribution is 2.24. The van der Waals surface area contributed by atoms with E-state index >= 15 is 0 Å². The molecule has 0 aliphatic carbocycles. The fourth-order valence-corrected chi connectivity index (χ4v) is 2.32. The number of benzene rings is 1. The summed E-state index contributed by atoms with van der Waals surface area (Å²) in [7, 11) is 3.78. The van der Waals surface area contributed by atoms with Crippen LogP contribution in [0.25, 0.3) is 6.08 Å². The zero-order valence-corrected chi connectivity index (χ0v) is 14.1. The van der Waals surface area contributed by atoms with Gasteiger partial charge >= 0.3 is 0 Å². The van der Waals surface area contributed by atoms with Crippen LogP contribution in [-0.2, 0) is 9.59 Å². The van der Waals surface area contributed by atoms with Crippen molar-refractivity contribution in [3.8, 4) is 0 Å². The summed E-state index contributed by atoms with van der Waals surface area (Å²) in [5.74, 6) is -0.670. The van der Waals surface area contributed by atoms with Crippen molar-refractivity contribution in [2.75, 3.05) is 20.6 Å². The molecular weight excluding hydrogens is 309 g/mol. The number of hydrogen-bond donors (Lipinski definition) is 0. The number of halogens is 2. The van der Waals surface area contributed by atoms with Crippen molar-refractivity contribution in [3.05, 3.63) is 39.4 Å². The van der Waals surface area contributed by atoms with Gasteiger partial charge in [0.25, 0.3) is 0 Å². The van der Waals surface area contributed by atoms with Crippen molar-refractivity contribution in [2.45, 2.75) is 13.8 Å².